The number of H-pyrrole nitrogens is 2. The molecule has 2 aromatic rings. The van der Waals surface area contributed by atoms with Crippen LogP contribution >= 0.6 is 0 Å². The van der Waals surface area contributed by atoms with Gasteiger partial charge in [-0.1, -0.05) is 6.92 Å². The zero-order valence-electron chi connectivity index (χ0n) is 11.6. The predicted octanol–water partition coefficient (Wildman–Crippen LogP) is -0.292. The molecule has 0 spiro atoms. The molecule has 0 radical (unpaired) electrons. The maximum Gasteiger partial charge on any atom is 0.328 e. The number of rotatable bonds is 4. The first-order valence-corrected chi connectivity index (χ1v) is 6.35. The van der Waals surface area contributed by atoms with Gasteiger partial charge in [-0.15, -0.1) is 0 Å². The number of nitrogens with one attached hydrogen (secondary N) is 3. The van der Waals surface area contributed by atoms with Gasteiger partial charge in [-0.3, -0.25) is 24.5 Å². The van der Waals surface area contributed by atoms with Crippen molar-refractivity contribution in [3.63, 3.8) is 0 Å². The Morgan fingerprint density at radius 3 is 2.59 bits per heavy atom. The maximum absolute atomic E-state index is 11.9. The summed E-state index contributed by atoms with van der Waals surface area (Å²) in [5.41, 5.74) is 0.927. The van der Waals surface area contributed by atoms with Gasteiger partial charge in [0.2, 0.25) is 5.88 Å². The van der Waals surface area contributed by atoms with Gasteiger partial charge in [0.1, 0.15) is 5.56 Å². The van der Waals surface area contributed by atoms with Crippen molar-refractivity contribution < 1.29 is 9.90 Å². The number of amides is 1. The van der Waals surface area contributed by atoms with Crippen molar-refractivity contribution in [2.45, 2.75) is 13.3 Å². The van der Waals surface area contributed by atoms with Gasteiger partial charge in [-0.25, -0.2) is 10.2 Å². The van der Waals surface area contributed by atoms with E-state index in [1.54, 1.807) is 6.92 Å². The number of hydrogen-bond acceptors (Lipinski definition) is 6. The third-order valence-electron chi connectivity index (χ3n) is 2.78. The zero-order valence-corrected chi connectivity index (χ0v) is 11.6. The second-order valence-electron chi connectivity index (χ2n) is 4.22. The Balaban J connectivity index is 2.31. The van der Waals surface area contributed by atoms with E-state index in [1.807, 2.05) is 4.98 Å². The molecule has 2 rings (SSSR count). The number of aromatic nitrogens is 3. The number of carbonyl (C=O) groups is 1. The van der Waals surface area contributed by atoms with Gasteiger partial charge in [0.15, 0.2) is 0 Å². The van der Waals surface area contributed by atoms with Crippen LogP contribution in [0.2, 0.25) is 0 Å². The molecule has 114 valence electrons. The summed E-state index contributed by atoms with van der Waals surface area (Å²) in [6.07, 6.45) is 3.16. The summed E-state index contributed by atoms with van der Waals surface area (Å²) < 4.78 is 0. The minimum atomic E-state index is -0.831. The van der Waals surface area contributed by atoms with Crippen LogP contribution in [0, 0.1) is 0 Å². The Kier molecular flexibility index (Phi) is 4.47. The van der Waals surface area contributed by atoms with Gasteiger partial charge in [0, 0.05) is 18.0 Å². The van der Waals surface area contributed by atoms with Gasteiger partial charge in [0.25, 0.3) is 11.5 Å². The minimum Gasteiger partial charge on any atom is -0.494 e. The average Bonchev–Trinajstić information content (AvgIpc) is 2.50. The van der Waals surface area contributed by atoms with Crippen molar-refractivity contribution in [1.29, 1.82) is 0 Å². The number of pyridine rings is 1. The summed E-state index contributed by atoms with van der Waals surface area (Å²) in [5, 5.41) is 13.5. The summed E-state index contributed by atoms with van der Waals surface area (Å²) in [4.78, 5) is 42.5. The summed E-state index contributed by atoms with van der Waals surface area (Å²) in [5.74, 6) is -1.10. The Morgan fingerprint density at radius 2 is 2.00 bits per heavy atom. The molecule has 2 aromatic heterocycles. The molecule has 0 bridgehead atoms. The minimum absolute atomic E-state index is 0.123. The third kappa shape index (κ3) is 3.26. The van der Waals surface area contributed by atoms with Crippen LogP contribution in [0.4, 0.5) is 0 Å². The standard InChI is InChI=1S/C13H13N5O4/c1-2-8(9-11(20)15-13(22)16-12(9)21)17-18-10(19)7-3-5-14-6-4-7/h3-6H,2H2,1H3,(H,18,19)(H3,15,16,20,21,22). The smallest absolute Gasteiger partial charge is 0.328 e. The number of carbonyl (C=O) groups excluding carboxylic acids is 1. The third-order valence-corrected chi connectivity index (χ3v) is 2.78. The number of aromatic amines is 2. The number of nitrogens with zero attached hydrogens (tertiary/aromatic N) is 2. The molecule has 0 saturated carbocycles. The van der Waals surface area contributed by atoms with E-state index >= 15 is 0 Å². The van der Waals surface area contributed by atoms with Crippen LogP contribution in [0.1, 0.15) is 29.3 Å². The topological polar surface area (TPSA) is 140 Å². The van der Waals surface area contributed by atoms with E-state index in [0.29, 0.717) is 5.56 Å². The lowest BCUT2D eigenvalue weighted by molar-refractivity contribution is 0.0954. The van der Waals surface area contributed by atoms with E-state index in [9.17, 15) is 19.5 Å². The van der Waals surface area contributed by atoms with Crippen LogP contribution in [0.5, 0.6) is 5.88 Å². The fraction of sp³-hybridized carbons (Fsp3) is 0.154. The molecule has 0 aliphatic carbocycles. The molecule has 0 aliphatic heterocycles. The van der Waals surface area contributed by atoms with E-state index in [2.05, 4.69) is 20.5 Å². The van der Waals surface area contributed by atoms with E-state index in [1.165, 1.54) is 24.5 Å². The van der Waals surface area contributed by atoms with Crippen molar-refractivity contribution in [3.8, 4) is 5.88 Å². The molecule has 0 aliphatic rings. The molecule has 0 unspecified atom stereocenters. The second kappa shape index (κ2) is 6.48. The number of hydrogen-bond donors (Lipinski definition) is 4. The van der Waals surface area contributed by atoms with Crippen LogP contribution in [0.3, 0.4) is 0 Å². The first kappa shape index (κ1) is 15.2. The van der Waals surface area contributed by atoms with Gasteiger partial charge >= 0.3 is 5.69 Å². The van der Waals surface area contributed by atoms with Crippen LogP contribution in [0.25, 0.3) is 0 Å². The number of aromatic hydroxyl groups is 1. The first-order chi connectivity index (χ1) is 10.5. The molecule has 9 nitrogen and oxygen atoms in total. The lowest BCUT2D eigenvalue weighted by atomic mass is 10.1. The van der Waals surface area contributed by atoms with Crippen molar-refractivity contribution >= 4 is 11.6 Å². The molecule has 0 atom stereocenters. The highest BCUT2D eigenvalue weighted by atomic mass is 16.3. The largest absolute Gasteiger partial charge is 0.494 e. The Morgan fingerprint density at radius 1 is 1.32 bits per heavy atom. The second-order valence-corrected chi connectivity index (χ2v) is 4.22. The van der Waals surface area contributed by atoms with Crippen LogP contribution in [0.15, 0.2) is 39.2 Å². The Labute approximate surface area is 123 Å². The fourth-order valence-electron chi connectivity index (χ4n) is 1.74. The Hall–Kier alpha value is -3.23. The highest BCUT2D eigenvalue weighted by Crippen LogP contribution is 2.08. The average molecular weight is 303 g/mol. The van der Waals surface area contributed by atoms with E-state index in [4.69, 9.17) is 0 Å². The summed E-state index contributed by atoms with van der Waals surface area (Å²) in [6, 6.07) is 3.00. The number of hydrazone groups is 1. The van der Waals surface area contributed by atoms with E-state index in [-0.39, 0.29) is 17.7 Å². The molecular formula is C13H13N5O4. The lowest BCUT2D eigenvalue weighted by Crippen LogP contribution is -2.29. The summed E-state index contributed by atoms with van der Waals surface area (Å²) in [7, 11) is 0. The summed E-state index contributed by atoms with van der Waals surface area (Å²) >= 11 is 0. The van der Waals surface area contributed by atoms with Gasteiger partial charge in [-0.2, -0.15) is 5.10 Å². The highest BCUT2D eigenvalue weighted by molar-refractivity contribution is 6.03. The molecule has 0 fully saturated rings. The van der Waals surface area contributed by atoms with E-state index < -0.39 is 23.0 Å². The predicted molar refractivity (Wildman–Crippen MR) is 77.9 cm³/mol. The fourth-order valence-corrected chi connectivity index (χ4v) is 1.74. The Bertz CT molecular complexity index is 822. The molecule has 0 aromatic carbocycles. The van der Waals surface area contributed by atoms with Crippen molar-refractivity contribution in [2.24, 2.45) is 5.10 Å². The van der Waals surface area contributed by atoms with Gasteiger partial charge in [-0.05, 0) is 18.6 Å². The van der Waals surface area contributed by atoms with Gasteiger partial charge in [0.05, 0.1) is 5.71 Å². The molecule has 4 N–H and O–H groups in total. The van der Waals surface area contributed by atoms with Crippen molar-refractivity contribution in [3.05, 3.63) is 56.5 Å². The quantitative estimate of drug-likeness (QED) is 0.453. The highest BCUT2D eigenvalue weighted by Gasteiger charge is 2.15. The first-order valence-electron chi connectivity index (χ1n) is 6.35. The molecular weight excluding hydrogens is 290 g/mol. The zero-order chi connectivity index (χ0) is 16.1. The monoisotopic (exact) mass is 303 g/mol. The normalized spacial score (nSPS) is 11.2. The summed E-state index contributed by atoms with van der Waals surface area (Å²) in [6.45, 7) is 1.68. The molecule has 2 heterocycles. The molecule has 0 saturated heterocycles. The van der Waals surface area contributed by atoms with Crippen molar-refractivity contribution in [1.82, 2.24) is 20.4 Å². The SMILES string of the molecule is CCC(=NNC(=O)c1ccncc1)c1c(O)[nH]c(=O)[nH]c1=O. The molecule has 9 heteroatoms. The van der Waals surface area contributed by atoms with Crippen molar-refractivity contribution in [2.75, 3.05) is 0 Å². The van der Waals surface area contributed by atoms with E-state index in [0.717, 1.165) is 0 Å². The maximum atomic E-state index is 11.9. The van der Waals surface area contributed by atoms with Crippen LogP contribution < -0.4 is 16.7 Å². The van der Waals surface area contributed by atoms with Gasteiger partial charge < -0.3 is 5.11 Å². The van der Waals surface area contributed by atoms with Crippen LogP contribution in [-0.4, -0.2) is 31.7 Å². The van der Waals surface area contributed by atoms with Crippen LogP contribution in [-0.2, 0) is 0 Å². The molecule has 22 heavy (non-hydrogen) atoms. The molecule has 1 amide bonds. The lowest BCUT2D eigenvalue weighted by Gasteiger charge is -2.05.